The van der Waals surface area contributed by atoms with Crippen LogP contribution < -0.4 is 0 Å². The monoisotopic (exact) mass is 340 g/mol. The van der Waals surface area contributed by atoms with Crippen molar-refractivity contribution >= 4 is 27.8 Å². The van der Waals surface area contributed by atoms with Crippen molar-refractivity contribution in [2.24, 2.45) is 0 Å². The normalized spacial score (nSPS) is 16.7. The van der Waals surface area contributed by atoms with E-state index in [0.717, 1.165) is 0 Å². The van der Waals surface area contributed by atoms with Crippen LogP contribution in [0.5, 0.6) is 0 Å². The highest BCUT2D eigenvalue weighted by Gasteiger charge is 2.29. The van der Waals surface area contributed by atoms with Gasteiger partial charge in [0.2, 0.25) is 5.91 Å². The van der Waals surface area contributed by atoms with Gasteiger partial charge in [0.15, 0.2) is 0 Å². The Bertz CT molecular complexity index is 735. The molecule has 1 amide bonds. The molecule has 23 heavy (non-hydrogen) atoms. The summed E-state index contributed by atoms with van der Waals surface area (Å²) in [5, 5.41) is 9.86. The van der Waals surface area contributed by atoms with E-state index in [2.05, 4.69) is 0 Å². The average molecular weight is 340 g/mol. The van der Waals surface area contributed by atoms with Gasteiger partial charge in [0.25, 0.3) is 15.8 Å². The Kier molecular flexibility index (Phi) is 5.12. The largest absolute Gasteiger partial charge is 0.339 e. The Balaban J connectivity index is 1.97. The number of hydrogen-bond donors (Lipinski definition) is 1. The number of carbonyl (C=O) groups excluding carboxylic acids is 1. The topological polar surface area (TPSA) is 118 Å². The maximum atomic E-state index is 12.0. The molecule has 124 valence electrons. The van der Waals surface area contributed by atoms with Crippen LogP contribution in [-0.4, -0.2) is 47.0 Å². The number of piperidine rings is 1. The second kappa shape index (κ2) is 6.88. The molecule has 1 aliphatic heterocycles. The molecule has 1 heterocycles. The van der Waals surface area contributed by atoms with Gasteiger partial charge in [0.1, 0.15) is 0 Å². The quantitative estimate of drug-likeness (QED) is 0.384. The third kappa shape index (κ3) is 4.60. The van der Waals surface area contributed by atoms with Crippen LogP contribution in [0.2, 0.25) is 0 Å². The molecule has 1 saturated heterocycles. The number of likely N-dealkylation sites (tertiary alicyclic amines) is 1. The van der Waals surface area contributed by atoms with E-state index in [1.54, 1.807) is 6.07 Å². The fourth-order valence-electron chi connectivity index (χ4n) is 2.39. The van der Waals surface area contributed by atoms with Crippen molar-refractivity contribution in [3.05, 3.63) is 46.0 Å². The van der Waals surface area contributed by atoms with E-state index in [1.165, 1.54) is 35.3 Å². The van der Waals surface area contributed by atoms with Gasteiger partial charge < -0.3 is 4.90 Å². The van der Waals surface area contributed by atoms with Gasteiger partial charge in [0, 0.05) is 31.3 Å². The molecular formula is C14H16N2O6S. The van der Waals surface area contributed by atoms with Crippen LogP contribution in [0, 0.1) is 10.1 Å². The molecule has 0 aromatic heterocycles. The first-order valence-electron chi connectivity index (χ1n) is 6.95. The summed E-state index contributed by atoms with van der Waals surface area (Å²) in [5.41, 5.74) is 0.467. The first-order chi connectivity index (χ1) is 10.8. The van der Waals surface area contributed by atoms with Gasteiger partial charge >= 0.3 is 0 Å². The van der Waals surface area contributed by atoms with Crippen molar-refractivity contribution in [3.63, 3.8) is 0 Å². The van der Waals surface area contributed by atoms with Gasteiger partial charge in [0.05, 0.1) is 10.2 Å². The molecular weight excluding hydrogens is 324 g/mol. The zero-order valence-electron chi connectivity index (χ0n) is 12.2. The molecule has 0 saturated carbocycles. The van der Waals surface area contributed by atoms with Crippen molar-refractivity contribution < 1.29 is 22.7 Å². The van der Waals surface area contributed by atoms with Crippen LogP contribution in [-0.2, 0) is 14.9 Å². The van der Waals surface area contributed by atoms with Gasteiger partial charge in [-0.05, 0) is 24.5 Å². The number of rotatable bonds is 4. The van der Waals surface area contributed by atoms with E-state index in [4.69, 9.17) is 4.55 Å². The summed E-state index contributed by atoms with van der Waals surface area (Å²) in [6.07, 6.45) is 3.15. The summed E-state index contributed by atoms with van der Waals surface area (Å²) in [4.78, 5) is 23.7. The Labute approximate surface area is 133 Å². The molecule has 1 aliphatic rings. The molecule has 0 atom stereocenters. The molecule has 1 N–H and O–H groups in total. The van der Waals surface area contributed by atoms with E-state index >= 15 is 0 Å². The van der Waals surface area contributed by atoms with Crippen LogP contribution >= 0.6 is 0 Å². The Morgan fingerprint density at radius 3 is 2.57 bits per heavy atom. The number of non-ortho nitro benzene ring substituents is 1. The highest BCUT2D eigenvalue weighted by atomic mass is 32.2. The zero-order chi connectivity index (χ0) is 17.0. The minimum absolute atomic E-state index is 0.0615. The van der Waals surface area contributed by atoms with E-state index in [-0.39, 0.29) is 37.5 Å². The van der Waals surface area contributed by atoms with E-state index < -0.39 is 20.3 Å². The molecule has 0 bridgehead atoms. The fourth-order valence-corrected chi connectivity index (χ4v) is 3.20. The molecule has 0 radical (unpaired) electrons. The number of nitro benzene ring substituents is 1. The lowest BCUT2D eigenvalue weighted by atomic mass is 10.1. The summed E-state index contributed by atoms with van der Waals surface area (Å²) < 4.78 is 31.1. The van der Waals surface area contributed by atoms with Gasteiger partial charge in [-0.3, -0.25) is 19.5 Å². The SMILES string of the molecule is O=C(/C=C/c1cccc([N+](=O)[O-])c1)N1CCC(S(=O)(=O)O)CC1. The predicted molar refractivity (Wildman–Crippen MR) is 83.3 cm³/mol. The molecule has 1 aromatic carbocycles. The van der Waals surface area contributed by atoms with Gasteiger partial charge in [-0.2, -0.15) is 8.42 Å². The van der Waals surface area contributed by atoms with Crippen LogP contribution in [0.25, 0.3) is 6.08 Å². The highest BCUT2D eigenvalue weighted by molar-refractivity contribution is 7.86. The number of hydrogen-bond acceptors (Lipinski definition) is 5. The number of benzene rings is 1. The number of carbonyl (C=O) groups is 1. The van der Waals surface area contributed by atoms with Crippen LogP contribution in [0.4, 0.5) is 5.69 Å². The van der Waals surface area contributed by atoms with Crippen molar-refractivity contribution in [2.45, 2.75) is 18.1 Å². The van der Waals surface area contributed by atoms with Crippen molar-refractivity contribution in [1.82, 2.24) is 4.90 Å². The molecule has 9 heteroatoms. The molecule has 1 aromatic rings. The molecule has 0 aliphatic carbocycles. The Morgan fingerprint density at radius 1 is 1.35 bits per heavy atom. The molecule has 0 unspecified atom stereocenters. The summed E-state index contributed by atoms with van der Waals surface area (Å²) in [5.74, 6) is -0.301. The van der Waals surface area contributed by atoms with E-state index in [0.29, 0.717) is 5.56 Å². The first kappa shape index (κ1) is 17.1. The summed E-state index contributed by atoms with van der Waals surface area (Å²) in [6.45, 7) is 0.477. The van der Waals surface area contributed by atoms with Crippen molar-refractivity contribution in [2.75, 3.05) is 13.1 Å². The number of amides is 1. The zero-order valence-corrected chi connectivity index (χ0v) is 13.0. The van der Waals surface area contributed by atoms with Gasteiger partial charge in [-0.1, -0.05) is 12.1 Å². The second-order valence-electron chi connectivity index (χ2n) is 5.23. The van der Waals surface area contributed by atoms with Crippen LogP contribution in [0.3, 0.4) is 0 Å². The summed E-state index contributed by atoms with van der Waals surface area (Å²) in [7, 11) is -4.06. The minimum atomic E-state index is -4.06. The van der Waals surface area contributed by atoms with Crippen LogP contribution in [0.15, 0.2) is 30.3 Å². The molecule has 0 spiro atoms. The molecule has 1 fully saturated rings. The van der Waals surface area contributed by atoms with E-state index in [1.807, 2.05) is 0 Å². The lowest BCUT2D eigenvalue weighted by Crippen LogP contribution is -2.41. The van der Waals surface area contributed by atoms with Crippen LogP contribution in [0.1, 0.15) is 18.4 Å². The van der Waals surface area contributed by atoms with Gasteiger partial charge in [-0.25, -0.2) is 0 Å². The minimum Gasteiger partial charge on any atom is -0.339 e. The lowest BCUT2D eigenvalue weighted by Gasteiger charge is -2.29. The highest BCUT2D eigenvalue weighted by Crippen LogP contribution is 2.18. The summed E-state index contributed by atoms with van der Waals surface area (Å²) >= 11 is 0. The predicted octanol–water partition coefficient (Wildman–Crippen LogP) is 1.49. The summed E-state index contributed by atoms with van der Waals surface area (Å²) in [6, 6.07) is 5.88. The number of nitrogens with zero attached hydrogens (tertiary/aromatic N) is 2. The first-order valence-corrected chi connectivity index (χ1v) is 8.45. The Morgan fingerprint density at radius 2 is 2.00 bits per heavy atom. The standard InChI is InChI=1S/C14H16N2O6S/c17-14(15-8-6-13(7-9-15)23(20,21)22)5-4-11-2-1-3-12(10-11)16(18)19/h1-5,10,13H,6-9H2,(H,20,21,22)/b5-4+. The smallest absolute Gasteiger partial charge is 0.270 e. The van der Waals surface area contributed by atoms with Crippen molar-refractivity contribution in [1.29, 1.82) is 0 Å². The molecule has 2 rings (SSSR count). The maximum absolute atomic E-state index is 12.0. The fraction of sp³-hybridized carbons (Fsp3) is 0.357. The third-order valence-corrected chi connectivity index (χ3v) is 4.99. The van der Waals surface area contributed by atoms with Gasteiger partial charge in [-0.15, -0.1) is 0 Å². The van der Waals surface area contributed by atoms with E-state index in [9.17, 15) is 23.3 Å². The third-order valence-electron chi connectivity index (χ3n) is 3.67. The maximum Gasteiger partial charge on any atom is 0.270 e. The molecule has 8 nitrogen and oxygen atoms in total. The lowest BCUT2D eigenvalue weighted by molar-refractivity contribution is -0.384. The average Bonchev–Trinajstić information content (AvgIpc) is 2.52. The Hall–Kier alpha value is -2.26. The second-order valence-corrected chi connectivity index (χ2v) is 6.92. The number of nitro groups is 1. The van der Waals surface area contributed by atoms with Crippen molar-refractivity contribution in [3.8, 4) is 0 Å².